The molecule has 2 rings (SSSR count). The van der Waals surface area contributed by atoms with Crippen LogP contribution in [0.2, 0.25) is 36.3 Å². The summed E-state index contributed by atoms with van der Waals surface area (Å²) in [6.45, 7) is 26.7. The monoisotopic (exact) mass is 462 g/mol. The first-order valence-electron chi connectivity index (χ1n) is 12.0. The minimum absolute atomic E-state index is 0.0552. The molecule has 0 aliphatic heterocycles. The van der Waals surface area contributed by atoms with Crippen LogP contribution in [0.3, 0.4) is 0 Å². The lowest BCUT2D eigenvalue weighted by molar-refractivity contribution is -0.115. The van der Waals surface area contributed by atoms with E-state index in [2.05, 4.69) is 86.2 Å². The lowest BCUT2D eigenvalue weighted by atomic mass is 9.98. The number of carbonyl (C=O) groups excluding carboxylic acids is 1. The first kappa shape index (κ1) is 26.6. The van der Waals surface area contributed by atoms with Gasteiger partial charge in [0.25, 0.3) is 0 Å². The number of carbonyl (C=O) groups is 1. The van der Waals surface area contributed by atoms with Gasteiger partial charge in [-0.15, -0.1) is 0 Å². The van der Waals surface area contributed by atoms with Gasteiger partial charge in [-0.05, 0) is 55.0 Å². The maximum Gasteiger partial charge on any atom is 0.193 e. The minimum atomic E-state index is -2.00. The first-order valence-corrected chi connectivity index (χ1v) is 17.9. The number of ketones is 1. The van der Waals surface area contributed by atoms with Crippen LogP contribution in [0.5, 0.6) is 0 Å². The number of Topliss-reactive ketones (excluding diaryl/α,β-unsaturated/α-hetero) is 1. The Hall–Kier alpha value is -0.676. The highest BCUT2D eigenvalue weighted by Gasteiger charge is 2.45. The van der Waals surface area contributed by atoms with Crippen LogP contribution in [0, 0.1) is 23.7 Å². The Morgan fingerprint density at radius 2 is 1.48 bits per heavy atom. The fourth-order valence-electron chi connectivity index (χ4n) is 3.84. The van der Waals surface area contributed by atoms with Crippen LogP contribution in [0.15, 0.2) is 12.2 Å². The Morgan fingerprint density at radius 1 is 0.968 bits per heavy atom. The van der Waals surface area contributed by atoms with Crippen molar-refractivity contribution >= 4 is 22.4 Å². The molecule has 5 heteroatoms. The summed E-state index contributed by atoms with van der Waals surface area (Å²) in [4.78, 5) is 12.5. The molecule has 176 valence electrons. The van der Waals surface area contributed by atoms with Crippen molar-refractivity contribution in [3.63, 3.8) is 0 Å². The van der Waals surface area contributed by atoms with Crippen molar-refractivity contribution in [2.24, 2.45) is 11.8 Å². The molecule has 2 fully saturated rings. The van der Waals surface area contributed by atoms with Gasteiger partial charge < -0.3 is 8.85 Å². The van der Waals surface area contributed by atoms with Crippen LogP contribution in [-0.4, -0.2) is 34.6 Å². The molecule has 2 saturated carbocycles. The molecule has 0 aromatic heterocycles. The Labute approximate surface area is 194 Å². The largest absolute Gasteiger partial charge is 0.412 e. The average Bonchev–Trinajstić information content (AvgIpc) is 3.20. The molecule has 31 heavy (non-hydrogen) atoms. The van der Waals surface area contributed by atoms with Gasteiger partial charge in [0.1, 0.15) is 6.10 Å². The highest BCUT2D eigenvalue weighted by molar-refractivity contribution is 6.74. The van der Waals surface area contributed by atoms with Gasteiger partial charge in [0, 0.05) is 12.0 Å². The Bertz CT molecular complexity index is 737. The minimum Gasteiger partial charge on any atom is -0.412 e. The van der Waals surface area contributed by atoms with E-state index in [0.29, 0.717) is 17.9 Å². The standard InChI is InChI=1S/C26H46O3Si2/c1-19-21(24(18-22(19)27)29-31(10,11)26(5,6)7)16-17-23(20-14-12-13-15-20)28-30(8,9)25(2,3)4/h20-21,23-24H,1,12-15,18H2,2-11H3/t21-,23-,24-/m1/s1. The van der Waals surface area contributed by atoms with E-state index >= 15 is 0 Å². The maximum atomic E-state index is 12.5. The molecule has 3 atom stereocenters. The van der Waals surface area contributed by atoms with Gasteiger partial charge in [-0.3, -0.25) is 4.79 Å². The second-order valence-corrected chi connectivity index (χ2v) is 22.2. The smallest absolute Gasteiger partial charge is 0.193 e. The van der Waals surface area contributed by atoms with Gasteiger partial charge in [-0.1, -0.05) is 72.8 Å². The van der Waals surface area contributed by atoms with Crippen LogP contribution in [0.4, 0.5) is 0 Å². The number of hydrogen-bond acceptors (Lipinski definition) is 3. The molecule has 0 unspecified atom stereocenters. The van der Waals surface area contributed by atoms with Crippen molar-refractivity contribution in [2.75, 3.05) is 0 Å². The molecule has 0 aromatic carbocycles. The molecule has 0 saturated heterocycles. The van der Waals surface area contributed by atoms with E-state index in [1.807, 2.05) is 0 Å². The summed E-state index contributed by atoms with van der Waals surface area (Å²) in [5.74, 6) is 7.36. The van der Waals surface area contributed by atoms with E-state index in [1.54, 1.807) is 0 Å². The molecule has 2 aliphatic rings. The fraction of sp³-hybridized carbons (Fsp3) is 0.808. The van der Waals surface area contributed by atoms with Gasteiger partial charge in [0.15, 0.2) is 22.4 Å². The zero-order chi connectivity index (χ0) is 23.8. The number of rotatable bonds is 5. The molecule has 0 radical (unpaired) electrons. The van der Waals surface area contributed by atoms with Crippen LogP contribution in [-0.2, 0) is 13.6 Å². The van der Waals surface area contributed by atoms with E-state index in [9.17, 15) is 4.79 Å². The van der Waals surface area contributed by atoms with Crippen molar-refractivity contribution in [1.29, 1.82) is 0 Å². The normalized spacial score (nSPS) is 25.0. The molecule has 0 spiro atoms. The van der Waals surface area contributed by atoms with Crippen molar-refractivity contribution in [2.45, 2.75) is 122 Å². The summed E-state index contributed by atoms with van der Waals surface area (Å²) in [6, 6.07) is 0. The van der Waals surface area contributed by atoms with Crippen molar-refractivity contribution < 1.29 is 13.6 Å². The maximum absolute atomic E-state index is 12.5. The number of hydrogen-bond donors (Lipinski definition) is 0. The van der Waals surface area contributed by atoms with Gasteiger partial charge >= 0.3 is 0 Å². The van der Waals surface area contributed by atoms with Gasteiger partial charge in [-0.2, -0.15) is 0 Å². The highest BCUT2D eigenvalue weighted by Crippen LogP contribution is 2.42. The topological polar surface area (TPSA) is 35.5 Å². The lowest BCUT2D eigenvalue weighted by Crippen LogP contribution is -2.45. The lowest BCUT2D eigenvalue weighted by Gasteiger charge is -2.40. The van der Waals surface area contributed by atoms with Crippen molar-refractivity contribution in [3.8, 4) is 11.8 Å². The van der Waals surface area contributed by atoms with Crippen LogP contribution < -0.4 is 0 Å². The van der Waals surface area contributed by atoms with E-state index in [-0.39, 0.29) is 34.0 Å². The van der Waals surface area contributed by atoms with E-state index < -0.39 is 16.6 Å². The van der Waals surface area contributed by atoms with Gasteiger partial charge in [0.2, 0.25) is 0 Å². The van der Waals surface area contributed by atoms with Crippen molar-refractivity contribution in [3.05, 3.63) is 12.2 Å². The van der Waals surface area contributed by atoms with E-state index in [1.165, 1.54) is 25.7 Å². The highest BCUT2D eigenvalue weighted by atomic mass is 28.4. The summed E-state index contributed by atoms with van der Waals surface area (Å²) in [7, 11) is -3.94. The molecule has 0 N–H and O–H groups in total. The van der Waals surface area contributed by atoms with E-state index in [0.717, 1.165) is 0 Å². The molecule has 0 heterocycles. The molecule has 2 aliphatic carbocycles. The third kappa shape index (κ3) is 6.22. The van der Waals surface area contributed by atoms with Crippen LogP contribution >= 0.6 is 0 Å². The third-order valence-corrected chi connectivity index (χ3v) is 17.1. The van der Waals surface area contributed by atoms with Gasteiger partial charge in [0.05, 0.1) is 12.0 Å². The van der Waals surface area contributed by atoms with Gasteiger partial charge in [-0.25, -0.2) is 0 Å². The quantitative estimate of drug-likeness (QED) is 0.248. The molecular weight excluding hydrogens is 416 g/mol. The molecule has 3 nitrogen and oxygen atoms in total. The van der Waals surface area contributed by atoms with Crippen LogP contribution in [0.25, 0.3) is 0 Å². The summed E-state index contributed by atoms with van der Waals surface area (Å²) in [6.07, 6.45) is 5.06. The molecular formula is C26H46O3Si2. The summed E-state index contributed by atoms with van der Waals surface area (Å²) >= 11 is 0. The molecule has 0 amide bonds. The van der Waals surface area contributed by atoms with E-state index in [4.69, 9.17) is 8.85 Å². The summed E-state index contributed by atoms with van der Waals surface area (Å²) in [5, 5.41) is 0.238. The van der Waals surface area contributed by atoms with Crippen LogP contribution in [0.1, 0.15) is 73.6 Å². The Balaban J connectivity index is 2.31. The summed E-state index contributed by atoms with van der Waals surface area (Å²) < 4.78 is 13.5. The first-order chi connectivity index (χ1) is 14.0. The zero-order valence-electron chi connectivity index (χ0n) is 21.8. The average molecular weight is 463 g/mol. The predicted octanol–water partition coefficient (Wildman–Crippen LogP) is 7.11. The third-order valence-electron chi connectivity index (χ3n) is 8.18. The SMILES string of the molecule is C=C1C(=O)C[C@@H](O[Si](C)(C)C(C)(C)C)[C@@H]1C#C[C@@H](O[Si](C)(C)C(C)(C)C)C1CCCC1. The predicted molar refractivity (Wildman–Crippen MR) is 136 cm³/mol. The Kier molecular flexibility index (Phi) is 7.96. The second-order valence-electron chi connectivity index (χ2n) is 12.7. The fourth-order valence-corrected chi connectivity index (χ4v) is 6.41. The molecule has 0 bridgehead atoms. The van der Waals surface area contributed by atoms with Crippen molar-refractivity contribution in [1.82, 2.24) is 0 Å². The second kappa shape index (κ2) is 9.29. The summed E-state index contributed by atoms with van der Waals surface area (Å²) in [5.41, 5.74) is 0.619. The zero-order valence-corrected chi connectivity index (χ0v) is 23.8. The molecule has 0 aromatic rings. The Morgan fingerprint density at radius 3 is 1.97 bits per heavy atom.